The maximum atomic E-state index is 13.5. The van der Waals surface area contributed by atoms with E-state index in [4.69, 9.17) is 0 Å². The number of carbonyl (C=O) groups excluding carboxylic acids is 1. The Kier molecular flexibility index (Phi) is 4.68. The number of nitrogens with one attached hydrogen (secondary N) is 1. The number of aromatic nitrogens is 2. The Morgan fingerprint density at radius 2 is 2.32 bits per heavy atom. The summed E-state index contributed by atoms with van der Waals surface area (Å²) in [5.41, 5.74) is 0.0464. The maximum Gasteiger partial charge on any atom is 0.255 e. The van der Waals surface area contributed by atoms with Crippen molar-refractivity contribution < 1.29 is 9.18 Å². The van der Waals surface area contributed by atoms with Gasteiger partial charge in [0, 0.05) is 30.0 Å². The Labute approximate surface area is 118 Å². The van der Waals surface area contributed by atoms with Crippen molar-refractivity contribution in [1.29, 1.82) is 0 Å². The van der Waals surface area contributed by atoms with Crippen molar-refractivity contribution in [2.75, 3.05) is 6.54 Å². The van der Waals surface area contributed by atoms with Crippen LogP contribution in [0.25, 0.3) is 0 Å². The summed E-state index contributed by atoms with van der Waals surface area (Å²) < 4.78 is 15.9. The van der Waals surface area contributed by atoms with Crippen LogP contribution in [-0.4, -0.2) is 22.0 Å². The zero-order valence-electron chi connectivity index (χ0n) is 10.1. The highest BCUT2D eigenvalue weighted by molar-refractivity contribution is 9.10. The summed E-state index contributed by atoms with van der Waals surface area (Å²) >= 11 is 3.17. The molecule has 0 unspecified atom stereocenters. The number of imidazole rings is 1. The van der Waals surface area contributed by atoms with E-state index in [0.29, 0.717) is 11.0 Å². The molecule has 1 amide bonds. The third kappa shape index (κ3) is 3.64. The average molecular weight is 326 g/mol. The van der Waals surface area contributed by atoms with Gasteiger partial charge in [0.25, 0.3) is 5.91 Å². The average Bonchev–Trinajstić information content (AvgIpc) is 2.87. The fourth-order valence-corrected chi connectivity index (χ4v) is 2.21. The SMILES string of the molecule is O=C(NCCCn1ccnc1)c1c(F)cccc1Br. The van der Waals surface area contributed by atoms with Crippen LogP contribution in [-0.2, 0) is 6.54 Å². The predicted octanol–water partition coefficient (Wildman–Crippen LogP) is 2.60. The first-order valence-electron chi connectivity index (χ1n) is 5.86. The normalized spacial score (nSPS) is 10.4. The van der Waals surface area contributed by atoms with Crippen LogP contribution in [0.15, 0.2) is 41.4 Å². The number of rotatable bonds is 5. The molecule has 0 fully saturated rings. The van der Waals surface area contributed by atoms with Gasteiger partial charge in [-0.3, -0.25) is 4.79 Å². The summed E-state index contributed by atoms with van der Waals surface area (Å²) in [6.07, 6.45) is 6.04. The molecule has 0 aliphatic carbocycles. The molecule has 4 nitrogen and oxygen atoms in total. The highest BCUT2D eigenvalue weighted by Gasteiger charge is 2.14. The van der Waals surface area contributed by atoms with Gasteiger partial charge in [-0.15, -0.1) is 0 Å². The summed E-state index contributed by atoms with van der Waals surface area (Å²) in [7, 11) is 0. The Bertz CT molecular complexity index is 537. The highest BCUT2D eigenvalue weighted by Crippen LogP contribution is 2.19. The minimum absolute atomic E-state index is 0.0464. The predicted molar refractivity (Wildman–Crippen MR) is 73.3 cm³/mol. The molecule has 6 heteroatoms. The van der Waals surface area contributed by atoms with E-state index in [0.717, 1.165) is 13.0 Å². The third-order valence-electron chi connectivity index (χ3n) is 2.63. The molecule has 0 spiro atoms. The van der Waals surface area contributed by atoms with Crippen LogP contribution in [0.4, 0.5) is 4.39 Å². The second kappa shape index (κ2) is 6.47. The Morgan fingerprint density at radius 3 is 3.00 bits per heavy atom. The molecule has 0 atom stereocenters. The number of benzene rings is 1. The molecule has 0 aliphatic rings. The molecule has 100 valence electrons. The molecule has 2 rings (SSSR count). The summed E-state index contributed by atoms with van der Waals surface area (Å²) in [6, 6.07) is 4.46. The third-order valence-corrected chi connectivity index (χ3v) is 3.29. The summed E-state index contributed by atoms with van der Waals surface area (Å²) in [4.78, 5) is 15.8. The molecule has 0 bridgehead atoms. The number of amides is 1. The highest BCUT2D eigenvalue weighted by atomic mass is 79.9. The van der Waals surface area contributed by atoms with Crippen molar-refractivity contribution in [3.63, 3.8) is 0 Å². The fourth-order valence-electron chi connectivity index (χ4n) is 1.69. The number of nitrogens with zero attached hydrogens (tertiary/aromatic N) is 2. The van der Waals surface area contributed by atoms with Crippen LogP contribution in [0.2, 0.25) is 0 Å². The zero-order chi connectivity index (χ0) is 13.7. The lowest BCUT2D eigenvalue weighted by molar-refractivity contribution is 0.0948. The molecule has 0 saturated heterocycles. The maximum absolute atomic E-state index is 13.5. The summed E-state index contributed by atoms with van der Waals surface area (Å²) in [5, 5.41) is 2.70. The fraction of sp³-hybridized carbons (Fsp3) is 0.231. The van der Waals surface area contributed by atoms with Gasteiger partial charge in [-0.25, -0.2) is 9.37 Å². The number of hydrogen-bond donors (Lipinski definition) is 1. The molecule has 0 aliphatic heterocycles. The van der Waals surface area contributed by atoms with Crippen molar-refractivity contribution in [2.24, 2.45) is 0 Å². The lowest BCUT2D eigenvalue weighted by atomic mass is 10.2. The van der Waals surface area contributed by atoms with Gasteiger partial charge in [0.15, 0.2) is 0 Å². The van der Waals surface area contributed by atoms with Gasteiger partial charge < -0.3 is 9.88 Å². The van der Waals surface area contributed by atoms with E-state index in [2.05, 4.69) is 26.2 Å². The first-order valence-corrected chi connectivity index (χ1v) is 6.66. The summed E-state index contributed by atoms with van der Waals surface area (Å²) in [5.74, 6) is -0.933. The quantitative estimate of drug-likeness (QED) is 0.859. The largest absolute Gasteiger partial charge is 0.352 e. The van der Waals surface area contributed by atoms with Gasteiger partial charge in [-0.05, 0) is 34.5 Å². The molecule has 1 aromatic heterocycles. The lowest BCUT2D eigenvalue weighted by Crippen LogP contribution is -2.26. The Balaban J connectivity index is 1.84. The molecule has 19 heavy (non-hydrogen) atoms. The van der Waals surface area contributed by atoms with Gasteiger partial charge in [-0.2, -0.15) is 0 Å². The van der Waals surface area contributed by atoms with E-state index in [-0.39, 0.29) is 5.56 Å². The minimum atomic E-state index is -0.526. The number of aryl methyl sites for hydroxylation is 1. The van der Waals surface area contributed by atoms with Crippen LogP contribution < -0.4 is 5.32 Å². The zero-order valence-corrected chi connectivity index (χ0v) is 11.7. The Hall–Kier alpha value is -1.69. The van der Waals surface area contributed by atoms with E-state index in [9.17, 15) is 9.18 Å². The molecule has 0 saturated carbocycles. The van der Waals surface area contributed by atoms with Gasteiger partial charge in [0.2, 0.25) is 0 Å². The molecular weight excluding hydrogens is 313 g/mol. The molecule has 1 aromatic carbocycles. The van der Waals surface area contributed by atoms with Crippen LogP contribution in [0.1, 0.15) is 16.8 Å². The van der Waals surface area contributed by atoms with Crippen LogP contribution in [0.3, 0.4) is 0 Å². The van der Waals surface area contributed by atoms with E-state index in [1.54, 1.807) is 24.7 Å². The van der Waals surface area contributed by atoms with Gasteiger partial charge in [-0.1, -0.05) is 6.07 Å². The standard InChI is InChI=1S/C13H13BrFN3O/c14-10-3-1-4-11(15)12(10)13(19)17-5-2-7-18-8-6-16-9-18/h1,3-4,6,8-9H,2,5,7H2,(H,17,19). The van der Waals surface area contributed by atoms with Gasteiger partial charge in [0.05, 0.1) is 11.9 Å². The van der Waals surface area contributed by atoms with E-state index >= 15 is 0 Å². The van der Waals surface area contributed by atoms with Crippen molar-refractivity contribution in [1.82, 2.24) is 14.9 Å². The summed E-state index contributed by atoms with van der Waals surface area (Å²) in [6.45, 7) is 1.25. The molecule has 1 N–H and O–H groups in total. The first kappa shape index (κ1) is 13.7. The molecule has 1 heterocycles. The topological polar surface area (TPSA) is 46.9 Å². The lowest BCUT2D eigenvalue weighted by Gasteiger charge is -2.08. The van der Waals surface area contributed by atoms with Crippen molar-refractivity contribution >= 4 is 21.8 Å². The van der Waals surface area contributed by atoms with Gasteiger partial charge in [0.1, 0.15) is 5.82 Å². The van der Waals surface area contributed by atoms with Gasteiger partial charge >= 0.3 is 0 Å². The second-order valence-corrected chi connectivity index (χ2v) is 4.86. The molecule has 0 radical (unpaired) electrons. The van der Waals surface area contributed by atoms with Crippen LogP contribution in [0, 0.1) is 5.82 Å². The van der Waals surface area contributed by atoms with E-state index in [1.165, 1.54) is 6.07 Å². The van der Waals surface area contributed by atoms with Crippen molar-refractivity contribution in [3.05, 3.63) is 52.8 Å². The van der Waals surface area contributed by atoms with Crippen LogP contribution >= 0.6 is 15.9 Å². The van der Waals surface area contributed by atoms with Crippen molar-refractivity contribution in [3.8, 4) is 0 Å². The second-order valence-electron chi connectivity index (χ2n) is 4.01. The first-order chi connectivity index (χ1) is 9.18. The smallest absolute Gasteiger partial charge is 0.255 e. The van der Waals surface area contributed by atoms with E-state index < -0.39 is 11.7 Å². The molecular formula is C13H13BrFN3O. The van der Waals surface area contributed by atoms with E-state index in [1.807, 2.05) is 10.8 Å². The monoisotopic (exact) mass is 325 g/mol. The molecule has 2 aromatic rings. The Morgan fingerprint density at radius 1 is 1.47 bits per heavy atom. The number of carbonyl (C=O) groups is 1. The van der Waals surface area contributed by atoms with Crippen molar-refractivity contribution in [2.45, 2.75) is 13.0 Å². The number of halogens is 2. The minimum Gasteiger partial charge on any atom is -0.352 e. The van der Waals surface area contributed by atoms with Crippen LogP contribution in [0.5, 0.6) is 0 Å². The number of hydrogen-bond acceptors (Lipinski definition) is 2.